The highest BCUT2D eigenvalue weighted by Crippen LogP contribution is 2.06. The molecule has 1 aromatic rings. The van der Waals surface area contributed by atoms with Crippen LogP contribution in [0.4, 0.5) is 0 Å². The molecule has 18 heavy (non-hydrogen) atoms. The van der Waals surface area contributed by atoms with Crippen LogP contribution < -0.4 is 5.32 Å². The standard InChI is InChI=1S/C14H21N3.BrH/c1-3-12-6-5-7-13(10-12)11-16-14-15-8-9-17(14)4-2;/h5-7,10H,3-4,8-9,11H2,1-2H3,(H,15,16);1H. The second-order valence-electron chi connectivity index (χ2n) is 4.31. The minimum Gasteiger partial charge on any atom is -0.352 e. The van der Waals surface area contributed by atoms with Crippen molar-refractivity contribution >= 4 is 22.9 Å². The molecule has 3 nitrogen and oxygen atoms in total. The molecule has 4 heteroatoms. The summed E-state index contributed by atoms with van der Waals surface area (Å²) < 4.78 is 0. The number of aryl methyl sites for hydroxylation is 1. The number of nitrogens with zero attached hydrogens (tertiary/aromatic N) is 2. The number of likely N-dealkylation sites (N-methyl/N-ethyl adjacent to an activating group) is 1. The molecular weight excluding hydrogens is 290 g/mol. The largest absolute Gasteiger partial charge is 0.352 e. The van der Waals surface area contributed by atoms with Gasteiger partial charge in [0.05, 0.1) is 6.54 Å². The molecule has 1 aliphatic rings. The Hall–Kier alpha value is -1.03. The molecule has 0 aromatic heterocycles. The molecule has 1 aliphatic heterocycles. The lowest BCUT2D eigenvalue weighted by atomic mass is 10.1. The van der Waals surface area contributed by atoms with E-state index in [2.05, 4.69) is 53.3 Å². The fraction of sp³-hybridized carbons (Fsp3) is 0.500. The Bertz CT molecular complexity index is 404. The molecule has 0 spiro atoms. The molecule has 1 heterocycles. The maximum Gasteiger partial charge on any atom is 0.194 e. The van der Waals surface area contributed by atoms with Crippen LogP contribution in [-0.4, -0.2) is 30.5 Å². The van der Waals surface area contributed by atoms with E-state index in [0.29, 0.717) is 0 Å². The van der Waals surface area contributed by atoms with Crippen LogP contribution >= 0.6 is 17.0 Å². The predicted octanol–water partition coefficient (Wildman–Crippen LogP) is 2.61. The molecule has 0 unspecified atom stereocenters. The molecule has 100 valence electrons. The van der Waals surface area contributed by atoms with Crippen molar-refractivity contribution in [3.8, 4) is 0 Å². The van der Waals surface area contributed by atoms with Crippen LogP contribution in [0.25, 0.3) is 0 Å². The number of aliphatic imine (C=N–C) groups is 1. The van der Waals surface area contributed by atoms with Crippen molar-refractivity contribution in [3.63, 3.8) is 0 Å². The van der Waals surface area contributed by atoms with Gasteiger partial charge >= 0.3 is 0 Å². The van der Waals surface area contributed by atoms with Gasteiger partial charge in [-0.15, -0.1) is 17.0 Å². The quantitative estimate of drug-likeness (QED) is 0.925. The van der Waals surface area contributed by atoms with Crippen molar-refractivity contribution < 1.29 is 0 Å². The Morgan fingerprint density at radius 1 is 1.28 bits per heavy atom. The summed E-state index contributed by atoms with van der Waals surface area (Å²) in [5.74, 6) is 1.05. The highest BCUT2D eigenvalue weighted by atomic mass is 79.9. The summed E-state index contributed by atoms with van der Waals surface area (Å²) in [5, 5.41) is 3.43. The Kier molecular flexibility index (Phi) is 6.19. The van der Waals surface area contributed by atoms with E-state index in [9.17, 15) is 0 Å². The van der Waals surface area contributed by atoms with Crippen molar-refractivity contribution in [2.45, 2.75) is 26.8 Å². The first-order chi connectivity index (χ1) is 8.33. The summed E-state index contributed by atoms with van der Waals surface area (Å²) in [5.41, 5.74) is 2.72. The number of hydrogen-bond acceptors (Lipinski definition) is 3. The highest BCUT2D eigenvalue weighted by Gasteiger charge is 2.13. The van der Waals surface area contributed by atoms with Gasteiger partial charge in [0.15, 0.2) is 5.96 Å². The van der Waals surface area contributed by atoms with Crippen molar-refractivity contribution in [2.24, 2.45) is 4.99 Å². The average molecular weight is 312 g/mol. The number of hydrogen-bond donors (Lipinski definition) is 1. The van der Waals surface area contributed by atoms with Gasteiger partial charge in [0.1, 0.15) is 0 Å². The third kappa shape index (κ3) is 3.73. The van der Waals surface area contributed by atoms with E-state index in [-0.39, 0.29) is 17.0 Å². The molecule has 0 saturated carbocycles. The van der Waals surface area contributed by atoms with Crippen LogP contribution in [0.3, 0.4) is 0 Å². The van der Waals surface area contributed by atoms with Gasteiger partial charge in [0.2, 0.25) is 0 Å². The van der Waals surface area contributed by atoms with E-state index in [1.54, 1.807) is 0 Å². The molecule has 0 radical (unpaired) electrons. The molecule has 1 aromatic carbocycles. The Morgan fingerprint density at radius 3 is 2.78 bits per heavy atom. The van der Waals surface area contributed by atoms with E-state index < -0.39 is 0 Å². The van der Waals surface area contributed by atoms with Gasteiger partial charge in [-0.3, -0.25) is 4.99 Å². The normalized spacial score (nSPS) is 14.1. The van der Waals surface area contributed by atoms with Crippen LogP contribution in [-0.2, 0) is 13.0 Å². The first kappa shape index (κ1) is 15.0. The number of benzene rings is 1. The second kappa shape index (κ2) is 7.41. The number of rotatable bonds is 4. The number of nitrogens with one attached hydrogen (secondary N) is 1. The van der Waals surface area contributed by atoms with Crippen LogP contribution in [0.15, 0.2) is 29.3 Å². The first-order valence-corrected chi connectivity index (χ1v) is 6.44. The second-order valence-corrected chi connectivity index (χ2v) is 4.31. The summed E-state index contributed by atoms with van der Waals surface area (Å²) in [7, 11) is 0. The molecule has 0 fully saturated rings. The third-order valence-electron chi connectivity index (χ3n) is 3.16. The summed E-state index contributed by atoms with van der Waals surface area (Å²) in [6.07, 6.45) is 1.09. The van der Waals surface area contributed by atoms with E-state index in [4.69, 9.17) is 0 Å². The fourth-order valence-electron chi connectivity index (χ4n) is 2.10. The molecule has 2 rings (SSSR count). The molecule has 1 N–H and O–H groups in total. The lowest BCUT2D eigenvalue weighted by Gasteiger charge is -2.19. The molecule has 0 aliphatic carbocycles. The monoisotopic (exact) mass is 311 g/mol. The van der Waals surface area contributed by atoms with Gasteiger partial charge in [-0.25, -0.2) is 0 Å². The minimum atomic E-state index is 0. The van der Waals surface area contributed by atoms with Crippen LogP contribution in [0.2, 0.25) is 0 Å². The fourth-order valence-corrected chi connectivity index (χ4v) is 2.10. The Morgan fingerprint density at radius 2 is 2.06 bits per heavy atom. The molecular formula is C14H22BrN3. The SMILES string of the molecule is Br.CCc1cccc(CNC2=NCCN2CC)c1. The van der Waals surface area contributed by atoms with E-state index in [1.807, 2.05) is 0 Å². The third-order valence-corrected chi connectivity index (χ3v) is 3.16. The van der Waals surface area contributed by atoms with Crippen molar-refractivity contribution in [3.05, 3.63) is 35.4 Å². The van der Waals surface area contributed by atoms with Crippen molar-refractivity contribution in [2.75, 3.05) is 19.6 Å². The molecule has 0 amide bonds. The van der Waals surface area contributed by atoms with Crippen LogP contribution in [0.5, 0.6) is 0 Å². The Balaban J connectivity index is 0.00000162. The van der Waals surface area contributed by atoms with Gasteiger partial charge in [-0.2, -0.15) is 0 Å². The zero-order valence-corrected chi connectivity index (χ0v) is 12.9. The predicted molar refractivity (Wildman–Crippen MR) is 82.5 cm³/mol. The van der Waals surface area contributed by atoms with E-state index >= 15 is 0 Å². The minimum absolute atomic E-state index is 0. The van der Waals surface area contributed by atoms with Gasteiger partial charge in [-0.05, 0) is 24.5 Å². The van der Waals surface area contributed by atoms with Gasteiger partial charge < -0.3 is 10.2 Å². The van der Waals surface area contributed by atoms with Crippen molar-refractivity contribution in [1.29, 1.82) is 0 Å². The lowest BCUT2D eigenvalue weighted by molar-refractivity contribution is 0.466. The topological polar surface area (TPSA) is 27.6 Å². The van der Waals surface area contributed by atoms with Gasteiger partial charge in [0.25, 0.3) is 0 Å². The van der Waals surface area contributed by atoms with Gasteiger partial charge in [0, 0.05) is 19.6 Å². The summed E-state index contributed by atoms with van der Waals surface area (Å²) in [4.78, 5) is 6.76. The van der Waals surface area contributed by atoms with Crippen LogP contribution in [0, 0.1) is 0 Å². The molecule has 0 atom stereocenters. The zero-order valence-electron chi connectivity index (χ0n) is 11.1. The summed E-state index contributed by atoms with van der Waals surface area (Å²) in [6, 6.07) is 8.73. The number of guanidine groups is 1. The summed E-state index contributed by atoms with van der Waals surface area (Å²) in [6.45, 7) is 8.22. The van der Waals surface area contributed by atoms with E-state index in [1.165, 1.54) is 11.1 Å². The van der Waals surface area contributed by atoms with Crippen LogP contribution in [0.1, 0.15) is 25.0 Å². The number of halogens is 1. The smallest absolute Gasteiger partial charge is 0.194 e. The van der Waals surface area contributed by atoms with Gasteiger partial charge in [-0.1, -0.05) is 31.2 Å². The highest BCUT2D eigenvalue weighted by molar-refractivity contribution is 8.93. The first-order valence-electron chi connectivity index (χ1n) is 6.44. The van der Waals surface area contributed by atoms with Crippen molar-refractivity contribution in [1.82, 2.24) is 10.2 Å². The maximum atomic E-state index is 4.48. The Labute approximate surface area is 120 Å². The average Bonchev–Trinajstić information content (AvgIpc) is 2.84. The zero-order chi connectivity index (χ0) is 12.1. The molecule has 0 saturated heterocycles. The maximum absolute atomic E-state index is 4.48. The molecule has 0 bridgehead atoms. The van der Waals surface area contributed by atoms with E-state index in [0.717, 1.165) is 38.6 Å². The summed E-state index contributed by atoms with van der Waals surface area (Å²) >= 11 is 0. The lowest BCUT2D eigenvalue weighted by Crippen LogP contribution is -2.37.